The summed E-state index contributed by atoms with van der Waals surface area (Å²) < 4.78 is 31.5. The quantitative estimate of drug-likeness (QED) is 0.417. The maximum atomic E-state index is 12.9. The Kier molecular flexibility index (Phi) is 5.75. The van der Waals surface area contributed by atoms with Crippen LogP contribution in [0, 0.1) is 0 Å². The lowest BCUT2D eigenvalue weighted by molar-refractivity contribution is 0.0957. The van der Waals surface area contributed by atoms with Gasteiger partial charge in [-0.25, -0.2) is 18.7 Å². The Labute approximate surface area is 180 Å². The van der Waals surface area contributed by atoms with E-state index in [-0.39, 0.29) is 23.0 Å². The molecular formula is C22H17F2N5O3. The van der Waals surface area contributed by atoms with E-state index in [1.165, 1.54) is 37.5 Å². The number of imidazole rings is 1. The van der Waals surface area contributed by atoms with Gasteiger partial charge in [0.1, 0.15) is 17.2 Å². The molecule has 2 aromatic carbocycles. The van der Waals surface area contributed by atoms with Gasteiger partial charge in [0.15, 0.2) is 5.82 Å². The van der Waals surface area contributed by atoms with Gasteiger partial charge in [0.05, 0.1) is 17.2 Å². The number of rotatable bonds is 6. The molecule has 0 saturated heterocycles. The number of benzene rings is 2. The Morgan fingerprint density at radius 3 is 2.59 bits per heavy atom. The second-order valence-electron chi connectivity index (χ2n) is 6.70. The number of alkyl halides is 2. The van der Waals surface area contributed by atoms with Gasteiger partial charge in [0.2, 0.25) is 0 Å². The first kappa shape index (κ1) is 20.9. The summed E-state index contributed by atoms with van der Waals surface area (Å²) in [6, 6.07) is 13.7. The molecule has 10 heteroatoms. The van der Waals surface area contributed by atoms with E-state index in [0.717, 1.165) is 0 Å². The number of pyridine rings is 1. The van der Waals surface area contributed by atoms with Crippen LogP contribution in [-0.2, 0) is 0 Å². The smallest absolute Gasteiger partial charge is 0.291 e. The molecule has 4 aromatic rings. The van der Waals surface area contributed by atoms with E-state index in [1.807, 2.05) is 0 Å². The van der Waals surface area contributed by atoms with Gasteiger partial charge in [-0.15, -0.1) is 0 Å². The molecule has 0 aliphatic rings. The number of hydrogen-bond donors (Lipinski definition) is 3. The minimum absolute atomic E-state index is 0.00766. The number of carbonyl (C=O) groups is 2. The molecule has 8 nitrogen and oxygen atoms in total. The summed E-state index contributed by atoms with van der Waals surface area (Å²) in [5.74, 6) is -0.00530. The molecule has 4 rings (SSSR count). The fourth-order valence-corrected chi connectivity index (χ4v) is 2.94. The molecule has 0 bridgehead atoms. The van der Waals surface area contributed by atoms with Gasteiger partial charge in [-0.2, -0.15) is 0 Å². The van der Waals surface area contributed by atoms with Crippen LogP contribution in [0.4, 0.5) is 14.5 Å². The van der Waals surface area contributed by atoms with Crippen LogP contribution >= 0.6 is 0 Å². The Balaban J connectivity index is 1.47. The monoisotopic (exact) mass is 437 g/mol. The van der Waals surface area contributed by atoms with E-state index in [0.29, 0.717) is 28.2 Å². The highest BCUT2D eigenvalue weighted by Crippen LogP contribution is 2.25. The first-order chi connectivity index (χ1) is 15.4. The van der Waals surface area contributed by atoms with E-state index in [1.54, 1.807) is 30.3 Å². The standard InChI is InChI=1S/C22H17F2N5O3/c1-25-21(30)17-8-6-15(11-26-17)32-14-4-2-3-13(10-14)27-22(31)20-28-16-7-5-12(19(23)24)9-18(16)29-20/h2-11,19H,1H3,(H,25,30)(H,27,31)(H,28,29). The number of fused-ring (bicyclic) bond motifs is 1. The average molecular weight is 437 g/mol. The number of aromatic nitrogens is 3. The SMILES string of the molecule is CNC(=O)c1ccc(Oc2cccc(NC(=O)c3nc4ccc(C(F)F)cc4[nH]3)c2)cn1. The maximum Gasteiger partial charge on any atom is 0.291 e. The van der Waals surface area contributed by atoms with Crippen molar-refractivity contribution in [3.05, 3.63) is 77.9 Å². The third-order valence-corrected chi connectivity index (χ3v) is 4.50. The van der Waals surface area contributed by atoms with Gasteiger partial charge in [-0.05, 0) is 36.4 Å². The molecule has 32 heavy (non-hydrogen) atoms. The van der Waals surface area contributed by atoms with Gasteiger partial charge in [-0.1, -0.05) is 12.1 Å². The van der Waals surface area contributed by atoms with Gasteiger partial charge in [-0.3, -0.25) is 9.59 Å². The highest BCUT2D eigenvalue weighted by Gasteiger charge is 2.15. The highest BCUT2D eigenvalue weighted by atomic mass is 19.3. The van der Waals surface area contributed by atoms with Crippen molar-refractivity contribution in [2.45, 2.75) is 6.43 Å². The van der Waals surface area contributed by atoms with Crippen molar-refractivity contribution >= 4 is 28.5 Å². The number of halogens is 2. The third-order valence-electron chi connectivity index (χ3n) is 4.50. The predicted molar refractivity (Wildman–Crippen MR) is 113 cm³/mol. The van der Waals surface area contributed by atoms with Crippen molar-refractivity contribution in [1.29, 1.82) is 0 Å². The number of nitrogens with zero attached hydrogens (tertiary/aromatic N) is 2. The van der Waals surface area contributed by atoms with Gasteiger partial charge in [0, 0.05) is 24.4 Å². The fraction of sp³-hybridized carbons (Fsp3) is 0.0909. The van der Waals surface area contributed by atoms with E-state index in [4.69, 9.17) is 4.74 Å². The summed E-state index contributed by atoms with van der Waals surface area (Å²) in [6.07, 6.45) is -1.20. The van der Waals surface area contributed by atoms with Crippen molar-refractivity contribution in [3.63, 3.8) is 0 Å². The maximum absolute atomic E-state index is 12.9. The number of ether oxygens (including phenoxy) is 1. The first-order valence-corrected chi connectivity index (χ1v) is 9.48. The van der Waals surface area contributed by atoms with Crippen molar-refractivity contribution in [3.8, 4) is 11.5 Å². The number of nitrogens with one attached hydrogen (secondary N) is 3. The van der Waals surface area contributed by atoms with Crippen molar-refractivity contribution in [1.82, 2.24) is 20.3 Å². The molecule has 0 aliphatic heterocycles. The average Bonchev–Trinajstić information content (AvgIpc) is 3.23. The molecule has 0 atom stereocenters. The Hall–Kier alpha value is -4.34. The topological polar surface area (TPSA) is 109 Å². The fourth-order valence-electron chi connectivity index (χ4n) is 2.94. The zero-order chi connectivity index (χ0) is 22.7. The van der Waals surface area contributed by atoms with Gasteiger partial charge >= 0.3 is 0 Å². The van der Waals surface area contributed by atoms with Crippen LogP contribution in [0.15, 0.2) is 60.8 Å². The lowest BCUT2D eigenvalue weighted by atomic mass is 10.2. The van der Waals surface area contributed by atoms with Crippen molar-refractivity contribution in [2.75, 3.05) is 12.4 Å². The molecular weight excluding hydrogens is 420 g/mol. The second-order valence-corrected chi connectivity index (χ2v) is 6.70. The van der Waals surface area contributed by atoms with Crippen LogP contribution in [0.1, 0.15) is 33.1 Å². The summed E-state index contributed by atoms with van der Waals surface area (Å²) in [4.78, 5) is 35.0. The summed E-state index contributed by atoms with van der Waals surface area (Å²) in [5, 5.41) is 5.17. The molecule has 0 radical (unpaired) electrons. The number of anilines is 1. The van der Waals surface area contributed by atoms with E-state index in [9.17, 15) is 18.4 Å². The number of hydrogen-bond acceptors (Lipinski definition) is 5. The summed E-state index contributed by atoms with van der Waals surface area (Å²) in [5.41, 5.74) is 1.29. The molecule has 2 heterocycles. The van der Waals surface area contributed by atoms with Crippen LogP contribution < -0.4 is 15.4 Å². The zero-order valence-electron chi connectivity index (χ0n) is 16.7. The molecule has 0 aliphatic carbocycles. The highest BCUT2D eigenvalue weighted by molar-refractivity contribution is 6.03. The molecule has 162 valence electrons. The number of amides is 2. The number of aromatic amines is 1. The van der Waals surface area contributed by atoms with E-state index in [2.05, 4.69) is 25.6 Å². The summed E-state index contributed by atoms with van der Waals surface area (Å²) >= 11 is 0. The van der Waals surface area contributed by atoms with Gasteiger partial charge in [0.25, 0.3) is 18.2 Å². The van der Waals surface area contributed by atoms with Crippen LogP contribution in [0.25, 0.3) is 11.0 Å². The molecule has 3 N–H and O–H groups in total. The van der Waals surface area contributed by atoms with Crippen molar-refractivity contribution < 1.29 is 23.1 Å². The van der Waals surface area contributed by atoms with Crippen molar-refractivity contribution in [2.24, 2.45) is 0 Å². The second kappa shape index (κ2) is 8.80. The molecule has 2 amide bonds. The lowest BCUT2D eigenvalue weighted by Gasteiger charge is -2.08. The van der Waals surface area contributed by atoms with Crippen LogP contribution in [0.5, 0.6) is 11.5 Å². The summed E-state index contributed by atoms with van der Waals surface area (Å²) in [6.45, 7) is 0. The molecule has 0 unspecified atom stereocenters. The predicted octanol–water partition coefficient (Wildman–Crippen LogP) is 4.30. The Morgan fingerprint density at radius 1 is 1.03 bits per heavy atom. The first-order valence-electron chi connectivity index (χ1n) is 9.48. The van der Waals surface area contributed by atoms with Gasteiger partial charge < -0.3 is 20.4 Å². The lowest BCUT2D eigenvalue weighted by Crippen LogP contribution is -2.18. The minimum Gasteiger partial charge on any atom is -0.456 e. The van der Waals surface area contributed by atoms with Crippen LogP contribution in [0.3, 0.4) is 0 Å². The minimum atomic E-state index is -2.61. The molecule has 0 spiro atoms. The molecule has 2 aromatic heterocycles. The number of carbonyl (C=O) groups excluding carboxylic acids is 2. The summed E-state index contributed by atoms with van der Waals surface area (Å²) in [7, 11) is 1.51. The number of H-pyrrole nitrogens is 1. The largest absolute Gasteiger partial charge is 0.456 e. The van der Waals surface area contributed by atoms with E-state index >= 15 is 0 Å². The Morgan fingerprint density at radius 2 is 1.88 bits per heavy atom. The molecule has 0 fully saturated rings. The van der Waals surface area contributed by atoms with Crippen LogP contribution in [-0.4, -0.2) is 33.8 Å². The van der Waals surface area contributed by atoms with Crippen LogP contribution in [0.2, 0.25) is 0 Å². The zero-order valence-corrected chi connectivity index (χ0v) is 16.7. The third kappa shape index (κ3) is 4.53. The Bertz CT molecular complexity index is 1290. The normalized spacial score (nSPS) is 10.9. The van der Waals surface area contributed by atoms with E-state index < -0.39 is 12.3 Å². The molecule has 0 saturated carbocycles.